The number of nitrogens with zero attached hydrogens (tertiary/aromatic N) is 1. The van der Waals surface area contributed by atoms with E-state index in [1.54, 1.807) is 49.6 Å². The van der Waals surface area contributed by atoms with Gasteiger partial charge in [-0.15, -0.1) is 0 Å². The molecule has 0 aliphatic rings. The average molecular weight is 455 g/mol. The van der Waals surface area contributed by atoms with Crippen molar-refractivity contribution in [3.63, 3.8) is 0 Å². The normalized spacial score (nSPS) is 10.9. The number of carbonyl (C=O) groups excluding carboxylic acids is 1. The zero-order valence-electron chi connectivity index (χ0n) is 18.0. The van der Waals surface area contributed by atoms with Gasteiger partial charge < -0.3 is 14.8 Å². The Labute approximate surface area is 188 Å². The molecule has 0 fully saturated rings. The Morgan fingerprint density at radius 3 is 2.22 bits per heavy atom. The number of nitrogens with one attached hydrogen (secondary N) is 1. The van der Waals surface area contributed by atoms with Crippen LogP contribution in [0.15, 0.2) is 83.8 Å². The van der Waals surface area contributed by atoms with Gasteiger partial charge in [-0.25, -0.2) is 8.42 Å². The Morgan fingerprint density at radius 2 is 1.53 bits per heavy atom. The number of hydrogen-bond donors (Lipinski definition) is 1. The predicted molar refractivity (Wildman–Crippen MR) is 124 cm³/mol. The van der Waals surface area contributed by atoms with Gasteiger partial charge in [-0.3, -0.25) is 9.10 Å². The van der Waals surface area contributed by atoms with Gasteiger partial charge in [-0.2, -0.15) is 0 Å². The van der Waals surface area contributed by atoms with Crippen LogP contribution in [0.3, 0.4) is 0 Å². The number of ether oxygens (including phenoxy) is 2. The van der Waals surface area contributed by atoms with E-state index in [1.807, 2.05) is 31.2 Å². The summed E-state index contributed by atoms with van der Waals surface area (Å²) < 4.78 is 38.6. The minimum absolute atomic E-state index is 0.121. The number of amides is 1. The summed E-state index contributed by atoms with van der Waals surface area (Å²) in [4.78, 5) is 12.8. The van der Waals surface area contributed by atoms with Crippen LogP contribution in [0.4, 0.5) is 5.69 Å². The van der Waals surface area contributed by atoms with Gasteiger partial charge in [0.1, 0.15) is 13.2 Å². The molecular weight excluding hydrogens is 428 g/mol. The Kier molecular flexibility index (Phi) is 7.72. The maximum atomic E-state index is 13.3. The molecule has 168 valence electrons. The molecule has 0 saturated carbocycles. The number of benzene rings is 3. The molecule has 0 bridgehead atoms. The Morgan fingerprint density at radius 1 is 0.906 bits per heavy atom. The number of anilines is 1. The van der Waals surface area contributed by atoms with Gasteiger partial charge in [0.2, 0.25) is 5.91 Å². The molecule has 8 heteroatoms. The summed E-state index contributed by atoms with van der Waals surface area (Å²) in [5.74, 6) is 0.729. The minimum Gasteiger partial charge on any atom is -0.493 e. The Bertz CT molecular complexity index is 1150. The standard InChI is InChI=1S/C24H26N2O5S/c1-19-10-6-7-13-21(19)26(32(28,29)20-11-4-3-5-12-20)18-24(27)25-16-17-31-23-15-9-8-14-22(23)30-2/h3-15H,16-18H2,1-2H3,(H,25,27). The van der Waals surface area contributed by atoms with Crippen LogP contribution in [0.2, 0.25) is 0 Å². The van der Waals surface area contributed by atoms with E-state index in [-0.39, 0.29) is 24.6 Å². The number of methoxy groups -OCH3 is 1. The molecule has 0 radical (unpaired) electrons. The summed E-state index contributed by atoms with van der Waals surface area (Å²) in [6, 6.07) is 22.3. The minimum atomic E-state index is -3.93. The molecule has 0 aliphatic carbocycles. The SMILES string of the molecule is COc1ccccc1OCCNC(=O)CN(c1ccccc1C)S(=O)(=O)c1ccccc1. The Hall–Kier alpha value is -3.52. The van der Waals surface area contributed by atoms with Gasteiger partial charge in [0.25, 0.3) is 10.0 Å². The van der Waals surface area contributed by atoms with Crippen molar-refractivity contribution in [2.24, 2.45) is 0 Å². The quantitative estimate of drug-likeness (QED) is 0.475. The van der Waals surface area contributed by atoms with Crippen LogP contribution >= 0.6 is 0 Å². The van der Waals surface area contributed by atoms with E-state index in [4.69, 9.17) is 9.47 Å². The number of para-hydroxylation sites is 3. The molecule has 1 amide bonds. The van der Waals surface area contributed by atoms with Crippen LogP contribution in [0.1, 0.15) is 5.56 Å². The molecule has 0 spiro atoms. The van der Waals surface area contributed by atoms with Crippen molar-refractivity contribution in [2.45, 2.75) is 11.8 Å². The summed E-state index contributed by atoms with van der Waals surface area (Å²) in [6.07, 6.45) is 0. The van der Waals surface area contributed by atoms with Crippen LogP contribution in [-0.2, 0) is 14.8 Å². The number of aryl methyl sites for hydroxylation is 1. The van der Waals surface area contributed by atoms with Crippen molar-refractivity contribution >= 4 is 21.6 Å². The van der Waals surface area contributed by atoms with Gasteiger partial charge in [0.15, 0.2) is 11.5 Å². The summed E-state index contributed by atoms with van der Waals surface area (Å²) >= 11 is 0. The van der Waals surface area contributed by atoms with Gasteiger partial charge in [-0.1, -0.05) is 48.5 Å². The van der Waals surface area contributed by atoms with Crippen molar-refractivity contribution < 1.29 is 22.7 Å². The first-order chi connectivity index (χ1) is 15.4. The van der Waals surface area contributed by atoms with Gasteiger partial charge in [-0.05, 0) is 42.8 Å². The second-order valence-corrected chi connectivity index (χ2v) is 8.82. The third-order valence-electron chi connectivity index (χ3n) is 4.75. The van der Waals surface area contributed by atoms with Crippen molar-refractivity contribution in [2.75, 3.05) is 31.1 Å². The fourth-order valence-electron chi connectivity index (χ4n) is 3.14. The third kappa shape index (κ3) is 5.59. The maximum absolute atomic E-state index is 13.3. The van der Waals surface area contributed by atoms with Crippen molar-refractivity contribution in [1.82, 2.24) is 5.32 Å². The predicted octanol–water partition coefficient (Wildman–Crippen LogP) is 3.39. The smallest absolute Gasteiger partial charge is 0.264 e. The van der Waals surface area contributed by atoms with E-state index < -0.39 is 15.9 Å². The number of sulfonamides is 1. The highest BCUT2D eigenvalue weighted by atomic mass is 32.2. The molecular formula is C24H26N2O5S. The molecule has 0 heterocycles. The summed E-state index contributed by atoms with van der Waals surface area (Å²) in [6.45, 7) is 1.88. The average Bonchev–Trinajstić information content (AvgIpc) is 2.81. The van der Waals surface area contributed by atoms with Crippen molar-refractivity contribution in [3.8, 4) is 11.5 Å². The summed E-state index contributed by atoms with van der Waals surface area (Å²) in [5.41, 5.74) is 1.20. The van der Waals surface area contributed by atoms with Crippen molar-refractivity contribution in [1.29, 1.82) is 0 Å². The lowest BCUT2D eigenvalue weighted by molar-refractivity contribution is -0.119. The van der Waals surface area contributed by atoms with Crippen LogP contribution in [-0.4, -0.2) is 41.1 Å². The van der Waals surface area contributed by atoms with E-state index in [1.165, 1.54) is 12.1 Å². The van der Waals surface area contributed by atoms with Crippen LogP contribution in [0.5, 0.6) is 11.5 Å². The zero-order valence-corrected chi connectivity index (χ0v) is 18.8. The molecule has 7 nitrogen and oxygen atoms in total. The first kappa shape index (κ1) is 23.1. The lowest BCUT2D eigenvalue weighted by atomic mass is 10.2. The molecule has 0 aromatic heterocycles. The Balaban J connectivity index is 1.70. The monoisotopic (exact) mass is 454 g/mol. The molecule has 3 aromatic rings. The number of hydrogen-bond acceptors (Lipinski definition) is 5. The third-order valence-corrected chi connectivity index (χ3v) is 6.53. The maximum Gasteiger partial charge on any atom is 0.264 e. The van der Waals surface area contributed by atoms with Gasteiger partial charge >= 0.3 is 0 Å². The first-order valence-electron chi connectivity index (χ1n) is 10.1. The van der Waals surface area contributed by atoms with Crippen molar-refractivity contribution in [3.05, 3.63) is 84.4 Å². The first-order valence-corrected chi connectivity index (χ1v) is 11.5. The molecule has 3 aromatic carbocycles. The van der Waals surface area contributed by atoms with E-state index >= 15 is 0 Å². The highest BCUT2D eigenvalue weighted by Gasteiger charge is 2.27. The summed E-state index contributed by atoms with van der Waals surface area (Å²) in [7, 11) is -2.38. The van der Waals surface area contributed by atoms with Crippen LogP contribution in [0, 0.1) is 6.92 Å². The van der Waals surface area contributed by atoms with Crippen LogP contribution in [0.25, 0.3) is 0 Å². The largest absolute Gasteiger partial charge is 0.493 e. The fourth-order valence-corrected chi connectivity index (χ4v) is 4.64. The molecule has 0 aliphatic heterocycles. The lowest BCUT2D eigenvalue weighted by Gasteiger charge is -2.25. The van der Waals surface area contributed by atoms with E-state index in [9.17, 15) is 13.2 Å². The van der Waals surface area contributed by atoms with Gasteiger partial charge in [0.05, 0.1) is 24.2 Å². The molecule has 3 rings (SSSR count). The number of rotatable bonds is 10. The van der Waals surface area contributed by atoms with E-state index in [0.29, 0.717) is 17.2 Å². The van der Waals surface area contributed by atoms with E-state index in [0.717, 1.165) is 9.87 Å². The zero-order chi connectivity index (χ0) is 23.0. The van der Waals surface area contributed by atoms with Crippen LogP contribution < -0.4 is 19.1 Å². The van der Waals surface area contributed by atoms with E-state index in [2.05, 4.69) is 5.32 Å². The topological polar surface area (TPSA) is 84.9 Å². The molecule has 32 heavy (non-hydrogen) atoms. The molecule has 0 saturated heterocycles. The summed E-state index contributed by atoms with van der Waals surface area (Å²) in [5, 5.41) is 2.72. The highest BCUT2D eigenvalue weighted by Crippen LogP contribution is 2.27. The second kappa shape index (κ2) is 10.7. The fraction of sp³-hybridized carbons (Fsp3) is 0.208. The highest BCUT2D eigenvalue weighted by molar-refractivity contribution is 7.92. The molecule has 1 N–H and O–H groups in total. The number of carbonyl (C=O) groups is 1. The molecule has 0 atom stereocenters. The van der Waals surface area contributed by atoms with Gasteiger partial charge in [0, 0.05) is 0 Å². The second-order valence-electron chi connectivity index (χ2n) is 6.96. The lowest BCUT2D eigenvalue weighted by Crippen LogP contribution is -2.42. The molecule has 0 unspecified atom stereocenters.